The Morgan fingerprint density at radius 1 is 0.750 bits per heavy atom. The van der Waals surface area contributed by atoms with Crippen LogP contribution in [0.25, 0.3) is 0 Å². The van der Waals surface area contributed by atoms with Crippen LogP contribution in [0.15, 0.2) is 0 Å². The SMILES string of the molecule is CC(C)N(C)CC[CH2][In]([CH3])[CH2]CCN(C(C)C)C(C)C. The fourth-order valence-electron chi connectivity index (χ4n) is 2.83. The van der Waals surface area contributed by atoms with Crippen molar-refractivity contribution in [1.29, 1.82) is 0 Å². The molecule has 0 spiro atoms. The van der Waals surface area contributed by atoms with E-state index in [0.29, 0.717) is 18.1 Å². The number of nitrogens with zero attached hydrogens (tertiary/aromatic N) is 2. The van der Waals surface area contributed by atoms with E-state index >= 15 is 0 Å². The second-order valence-corrected chi connectivity index (χ2v) is 17.0. The van der Waals surface area contributed by atoms with Crippen molar-refractivity contribution in [3.63, 3.8) is 0 Å². The molecule has 0 unspecified atom stereocenters. The first-order valence-electron chi connectivity index (χ1n) is 8.71. The maximum absolute atomic E-state index is 2.64. The van der Waals surface area contributed by atoms with E-state index in [1.807, 2.05) is 0 Å². The summed E-state index contributed by atoms with van der Waals surface area (Å²) < 4.78 is 5.80. The van der Waals surface area contributed by atoms with Crippen LogP contribution in [0.4, 0.5) is 0 Å². The maximum atomic E-state index is 2.64. The fraction of sp³-hybridized carbons (Fsp3) is 1.00. The van der Waals surface area contributed by atoms with Crippen molar-refractivity contribution in [3.05, 3.63) is 0 Å². The minimum atomic E-state index is -1.15. The van der Waals surface area contributed by atoms with Gasteiger partial charge < -0.3 is 0 Å². The molecular formula is C17H39InN2. The summed E-state index contributed by atoms with van der Waals surface area (Å²) in [5, 5.41) is 0. The molecule has 20 heavy (non-hydrogen) atoms. The molecule has 0 aliphatic rings. The second-order valence-electron chi connectivity index (χ2n) is 7.39. The van der Waals surface area contributed by atoms with E-state index in [2.05, 4.69) is 63.1 Å². The van der Waals surface area contributed by atoms with Crippen LogP contribution < -0.4 is 0 Å². The first kappa shape index (κ1) is 20.8. The Morgan fingerprint density at radius 2 is 1.20 bits per heavy atom. The quantitative estimate of drug-likeness (QED) is 0.521. The van der Waals surface area contributed by atoms with Crippen molar-refractivity contribution in [2.45, 2.75) is 85.5 Å². The third kappa shape index (κ3) is 9.68. The molecule has 0 heterocycles. The molecule has 0 fully saturated rings. The Morgan fingerprint density at radius 3 is 1.60 bits per heavy atom. The zero-order valence-corrected chi connectivity index (χ0v) is 18.7. The Balaban J connectivity index is 3.75. The van der Waals surface area contributed by atoms with Crippen LogP contribution in [-0.4, -0.2) is 69.5 Å². The summed E-state index contributed by atoms with van der Waals surface area (Å²) in [7, 11) is 2.26. The summed E-state index contributed by atoms with van der Waals surface area (Å²) in [6.07, 6.45) is 2.87. The Labute approximate surface area is 136 Å². The van der Waals surface area contributed by atoms with Crippen molar-refractivity contribution in [3.8, 4) is 0 Å². The van der Waals surface area contributed by atoms with Crippen LogP contribution in [0.3, 0.4) is 0 Å². The van der Waals surface area contributed by atoms with Gasteiger partial charge in [0, 0.05) is 0 Å². The second kappa shape index (κ2) is 11.4. The molecule has 0 rings (SSSR count). The van der Waals surface area contributed by atoms with E-state index in [-0.39, 0.29) is 0 Å². The molecule has 0 radical (unpaired) electrons. The average Bonchev–Trinajstić information content (AvgIpc) is 2.33. The molecule has 0 saturated carbocycles. The van der Waals surface area contributed by atoms with Crippen molar-refractivity contribution < 1.29 is 0 Å². The van der Waals surface area contributed by atoms with Gasteiger partial charge in [0.25, 0.3) is 0 Å². The van der Waals surface area contributed by atoms with Crippen LogP contribution >= 0.6 is 0 Å². The van der Waals surface area contributed by atoms with Gasteiger partial charge in [-0.2, -0.15) is 0 Å². The molecule has 0 aliphatic heterocycles. The standard InChI is InChI=1S/C9H20N.C7H16N.CH3.In/c1-6-7-10(8(2)3)9(4)5;1-5-6-8(4)7(2)3;;/h8-9H,1,6-7H2,2-5H3;7H,1,5-6H2,2-4H3;1H3;. The van der Waals surface area contributed by atoms with E-state index in [4.69, 9.17) is 0 Å². The van der Waals surface area contributed by atoms with Gasteiger partial charge in [-0.3, -0.25) is 0 Å². The van der Waals surface area contributed by atoms with Gasteiger partial charge in [-0.05, 0) is 0 Å². The van der Waals surface area contributed by atoms with Crippen LogP contribution in [0.5, 0.6) is 0 Å². The van der Waals surface area contributed by atoms with E-state index in [9.17, 15) is 0 Å². The molecule has 3 heteroatoms. The zero-order valence-electron chi connectivity index (χ0n) is 15.4. The molecule has 0 aliphatic carbocycles. The summed E-state index contributed by atoms with van der Waals surface area (Å²) in [5.41, 5.74) is 0. The Hall–Kier alpha value is 0.790. The molecule has 0 amide bonds. The van der Waals surface area contributed by atoms with Crippen LogP contribution in [0, 0.1) is 0 Å². The first-order chi connectivity index (χ1) is 9.25. The van der Waals surface area contributed by atoms with Gasteiger partial charge in [-0.15, -0.1) is 0 Å². The number of hydrogen-bond donors (Lipinski definition) is 0. The predicted octanol–water partition coefficient (Wildman–Crippen LogP) is 4.35. The van der Waals surface area contributed by atoms with Crippen molar-refractivity contribution in [2.24, 2.45) is 0 Å². The Kier molecular flexibility index (Phi) is 11.8. The third-order valence-corrected chi connectivity index (χ3v) is 12.5. The van der Waals surface area contributed by atoms with Crippen molar-refractivity contribution in [2.75, 3.05) is 20.1 Å². The molecule has 0 bridgehead atoms. The molecule has 120 valence electrons. The normalized spacial score (nSPS) is 12.4. The predicted molar refractivity (Wildman–Crippen MR) is 95.2 cm³/mol. The van der Waals surface area contributed by atoms with Gasteiger partial charge >= 0.3 is 137 Å². The van der Waals surface area contributed by atoms with E-state index in [1.54, 1.807) is 8.35 Å². The Bertz CT molecular complexity index is 221. The van der Waals surface area contributed by atoms with E-state index < -0.39 is 21.4 Å². The fourth-order valence-corrected chi connectivity index (χ4v) is 8.67. The molecule has 0 saturated heterocycles. The number of rotatable bonds is 11. The summed E-state index contributed by atoms with van der Waals surface area (Å²) >= 11 is -1.15. The number of hydrogen-bond acceptors (Lipinski definition) is 2. The van der Waals surface area contributed by atoms with Crippen LogP contribution in [0.2, 0.25) is 13.0 Å². The summed E-state index contributed by atoms with van der Waals surface area (Å²) in [6, 6.07) is 2.09. The molecule has 0 aromatic heterocycles. The summed E-state index contributed by atoms with van der Waals surface area (Å²) in [6.45, 7) is 16.5. The topological polar surface area (TPSA) is 6.48 Å². The molecule has 0 atom stereocenters. The minimum absolute atomic E-state index is 0.695. The summed E-state index contributed by atoms with van der Waals surface area (Å²) in [4.78, 5) is 5.13. The van der Waals surface area contributed by atoms with Gasteiger partial charge in [-0.1, -0.05) is 0 Å². The van der Waals surface area contributed by atoms with Gasteiger partial charge in [0.15, 0.2) is 0 Å². The first-order valence-corrected chi connectivity index (χ1v) is 16.7. The van der Waals surface area contributed by atoms with Crippen LogP contribution in [0.1, 0.15) is 54.4 Å². The van der Waals surface area contributed by atoms with Crippen molar-refractivity contribution >= 4 is 21.4 Å². The zero-order chi connectivity index (χ0) is 15.7. The molecule has 0 aromatic rings. The monoisotopic (exact) mass is 386 g/mol. The summed E-state index contributed by atoms with van der Waals surface area (Å²) in [5.74, 6) is 0. The van der Waals surface area contributed by atoms with Gasteiger partial charge in [0.2, 0.25) is 0 Å². The van der Waals surface area contributed by atoms with Gasteiger partial charge in [0.1, 0.15) is 0 Å². The molecular weight excluding hydrogens is 347 g/mol. The van der Waals surface area contributed by atoms with Gasteiger partial charge in [-0.25, -0.2) is 0 Å². The van der Waals surface area contributed by atoms with Gasteiger partial charge in [0.05, 0.1) is 0 Å². The van der Waals surface area contributed by atoms with E-state index in [1.165, 1.54) is 25.9 Å². The van der Waals surface area contributed by atoms with E-state index in [0.717, 1.165) is 0 Å². The average molecular weight is 386 g/mol. The molecule has 2 nitrogen and oxygen atoms in total. The molecule has 0 aromatic carbocycles. The third-order valence-electron chi connectivity index (χ3n) is 4.53. The van der Waals surface area contributed by atoms with Crippen molar-refractivity contribution in [1.82, 2.24) is 9.80 Å². The molecule has 0 N–H and O–H groups in total. The van der Waals surface area contributed by atoms with Crippen LogP contribution in [-0.2, 0) is 0 Å².